The molecule has 2 aromatic rings. The summed E-state index contributed by atoms with van der Waals surface area (Å²) in [5.74, 6) is -1.73. The highest BCUT2D eigenvalue weighted by Gasteiger charge is 2.33. The highest BCUT2D eigenvalue weighted by Crippen LogP contribution is 2.27. The third-order valence-corrected chi connectivity index (χ3v) is 2.80. The number of rotatable bonds is 5. The van der Waals surface area contributed by atoms with Crippen molar-refractivity contribution in [2.75, 3.05) is 0 Å². The maximum Gasteiger partial charge on any atom is 0.435 e. The molecule has 2 rings (SSSR count). The number of amides is 1. The molecule has 0 fully saturated rings. The molecule has 1 aromatic carbocycles. The molecule has 0 atom stereocenters. The molecule has 2 N–H and O–H groups in total. The highest BCUT2D eigenvalue weighted by atomic mass is 19.4. The van der Waals surface area contributed by atoms with E-state index in [1.807, 2.05) is 0 Å². The summed E-state index contributed by atoms with van der Waals surface area (Å²) in [4.78, 5) is 22.2. The first-order valence-electron chi connectivity index (χ1n) is 6.51. The van der Waals surface area contributed by atoms with Crippen molar-refractivity contribution in [3.8, 4) is 0 Å². The molecule has 0 aliphatic carbocycles. The predicted octanol–water partition coefficient (Wildman–Crippen LogP) is 1.75. The molecule has 0 aliphatic rings. The Morgan fingerprint density at radius 2 is 1.92 bits per heavy atom. The number of hydrogen-bond acceptors (Lipinski definition) is 4. The zero-order valence-electron chi connectivity index (χ0n) is 12.0. The van der Waals surface area contributed by atoms with Gasteiger partial charge in [0.25, 0.3) is 5.91 Å². The Balaban J connectivity index is 1.88. The number of nitrogens with one attached hydrogen (secondary N) is 1. The van der Waals surface area contributed by atoms with Crippen LogP contribution in [0.1, 0.15) is 21.6 Å². The Kier molecular flexibility index (Phi) is 4.97. The van der Waals surface area contributed by atoms with Crippen molar-refractivity contribution in [3.05, 3.63) is 53.3 Å². The van der Waals surface area contributed by atoms with E-state index in [1.165, 1.54) is 30.5 Å². The molecule has 126 valence electrons. The summed E-state index contributed by atoms with van der Waals surface area (Å²) in [6.45, 7) is -0.425. The van der Waals surface area contributed by atoms with E-state index >= 15 is 0 Å². The Hall–Kier alpha value is -3.17. The summed E-state index contributed by atoms with van der Waals surface area (Å²) < 4.78 is 38.0. The topological polar surface area (TPSA) is 96.6 Å². The fraction of sp³-hybridized carbons (Fsp3) is 0.143. The number of alkyl halides is 3. The summed E-state index contributed by atoms with van der Waals surface area (Å²) in [6.07, 6.45) is -2.26. The van der Waals surface area contributed by atoms with E-state index < -0.39 is 30.3 Å². The standard InChI is InChI=1S/C14H11F3N4O3/c15-14(16,17)11-5-6-21(20-11)8-12(22)19-18-7-9-1-3-10(4-2-9)13(23)24/h1-7H,8H2,(H,19,22)(H,23,24). The number of halogens is 3. The summed E-state index contributed by atoms with van der Waals surface area (Å²) in [6, 6.07) is 6.48. The van der Waals surface area contributed by atoms with Crippen LogP contribution in [0.5, 0.6) is 0 Å². The fourth-order valence-electron chi connectivity index (χ4n) is 1.67. The largest absolute Gasteiger partial charge is 0.478 e. The van der Waals surface area contributed by atoms with E-state index in [0.717, 1.165) is 16.9 Å². The van der Waals surface area contributed by atoms with Crippen molar-refractivity contribution >= 4 is 18.1 Å². The second-order valence-corrected chi connectivity index (χ2v) is 4.62. The fourth-order valence-corrected chi connectivity index (χ4v) is 1.67. The minimum atomic E-state index is -4.57. The van der Waals surface area contributed by atoms with E-state index in [-0.39, 0.29) is 5.56 Å². The molecule has 0 unspecified atom stereocenters. The summed E-state index contributed by atoms with van der Waals surface area (Å²) in [5.41, 5.74) is 1.70. The maximum atomic E-state index is 12.4. The lowest BCUT2D eigenvalue weighted by Gasteiger charge is -2.02. The zero-order valence-corrected chi connectivity index (χ0v) is 12.0. The van der Waals surface area contributed by atoms with Gasteiger partial charge < -0.3 is 5.11 Å². The molecule has 0 spiro atoms. The Morgan fingerprint density at radius 1 is 1.25 bits per heavy atom. The van der Waals surface area contributed by atoms with E-state index in [1.54, 1.807) is 0 Å². The van der Waals surface area contributed by atoms with Gasteiger partial charge in [-0.3, -0.25) is 9.48 Å². The van der Waals surface area contributed by atoms with Gasteiger partial charge in [0.15, 0.2) is 5.69 Å². The number of carboxylic acid groups (broad SMARTS) is 1. The van der Waals surface area contributed by atoms with Crippen LogP contribution in [0, 0.1) is 0 Å². The number of nitrogens with zero attached hydrogens (tertiary/aromatic N) is 3. The molecular formula is C14H11F3N4O3. The minimum absolute atomic E-state index is 0.107. The first-order chi connectivity index (χ1) is 11.3. The number of benzene rings is 1. The van der Waals surface area contributed by atoms with E-state index in [2.05, 4.69) is 15.6 Å². The van der Waals surface area contributed by atoms with Crippen LogP contribution in [0.3, 0.4) is 0 Å². The molecule has 10 heteroatoms. The molecule has 0 saturated heterocycles. The van der Waals surface area contributed by atoms with Crippen molar-refractivity contribution in [3.63, 3.8) is 0 Å². The molecule has 1 amide bonds. The van der Waals surface area contributed by atoms with Gasteiger partial charge in [-0.15, -0.1) is 0 Å². The molecule has 1 aromatic heterocycles. The second kappa shape index (κ2) is 6.94. The van der Waals surface area contributed by atoms with E-state index in [0.29, 0.717) is 5.56 Å². The zero-order chi connectivity index (χ0) is 17.7. The molecule has 7 nitrogen and oxygen atoms in total. The quantitative estimate of drug-likeness (QED) is 0.640. The smallest absolute Gasteiger partial charge is 0.435 e. The molecular weight excluding hydrogens is 329 g/mol. The maximum absolute atomic E-state index is 12.4. The summed E-state index contributed by atoms with van der Waals surface area (Å²) >= 11 is 0. The predicted molar refractivity (Wildman–Crippen MR) is 76.4 cm³/mol. The SMILES string of the molecule is O=C(Cn1ccc(C(F)(F)F)n1)NN=Cc1ccc(C(=O)O)cc1. The van der Waals surface area contributed by atoms with Crippen LogP contribution < -0.4 is 5.43 Å². The van der Waals surface area contributed by atoms with Crippen LogP contribution in [0.25, 0.3) is 0 Å². The number of carboxylic acids is 1. The van der Waals surface area contributed by atoms with Gasteiger partial charge >= 0.3 is 12.1 Å². The van der Waals surface area contributed by atoms with Gasteiger partial charge in [0.1, 0.15) is 6.54 Å². The van der Waals surface area contributed by atoms with Crippen LogP contribution in [-0.2, 0) is 17.5 Å². The lowest BCUT2D eigenvalue weighted by atomic mass is 10.1. The highest BCUT2D eigenvalue weighted by molar-refractivity contribution is 5.89. The third-order valence-electron chi connectivity index (χ3n) is 2.80. The normalized spacial score (nSPS) is 11.6. The van der Waals surface area contributed by atoms with Crippen LogP contribution in [0.2, 0.25) is 0 Å². The van der Waals surface area contributed by atoms with Gasteiger partial charge in [-0.25, -0.2) is 10.2 Å². The van der Waals surface area contributed by atoms with Gasteiger partial charge in [0.05, 0.1) is 11.8 Å². The van der Waals surface area contributed by atoms with E-state index in [9.17, 15) is 22.8 Å². The van der Waals surface area contributed by atoms with Crippen LogP contribution >= 0.6 is 0 Å². The van der Waals surface area contributed by atoms with Gasteiger partial charge in [-0.2, -0.15) is 23.4 Å². The van der Waals surface area contributed by atoms with Crippen molar-refractivity contribution in [1.29, 1.82) is 0 Å². The first-order valence-corrected chi connectivity index (χ1v) is 6.51. The van der Waals surface area contributed by atoms with Crippen molar-refractivity contribution < 1.29 is 27.9 Å². The number of hydrazone groups is 1. The van der Waals surface area contributed by atoms with Gasteiger partial charge in [0.2, 0.25) is 0 Å². The number of aromatic carboxylic acids is 1. The van der Waals surface area contributed by atoms with Gasteiger partial charge in [-0.05, 0) is 23.8 Å². The lowest BCUT2D eigenvalue weighted by Crippen LogP contribution is -2.23. The van der Waals surface area contributed by atoms with Crippen LogP contribution in [-0.4, -0.2) is 33.0 Å². The van der Waals surface area contributed by atoms with Crippen molar-refractivity contribution in [2.24, 2.45) is 5.10 Å². The summed E-state index contributed by atoms with van der Waals surface area (Å²) in [7, 11) is 0. The number of hydrogen-bond donors (Lipinski definition) is 2. The van der Waals surface area contributed by atoms with Crippen molar-refractivity contribution in [1.82, 2.24) is 15.2 Å². The molecule has 0 saturated carbocycles. The first kappa shape index (κ1) is 17.2. The lowest BCUT2D eigenvalue weighted by molar-refractivity contribution is -0.141. The van der Waals surface area contributed by atoms with Gasteiger partial charge in [0, 0.05) is 6.20 Å². The monoisotopic (exact) mass is 340 g/mol. The Labute approximate surface area is 133 Å². The molecule has 0 aliphatic heterocycles. The minimum Gasteiger partial charge on any atom is -0.478 e. The molecule has 1 heterocycles. The van der Waals surface area contributed by atoms with Gasteiger partial charge in [-0.1, -0.05) is 12.1 Å². The van der Waals surface area contributed by atoms with E-state index in [4.69, 9.17) is 5.11 Å². The molecule has 0 bridgehead atoms. The third kappa shape index (κ3) is 4.66. The van der Waals surface area contributed by atoms with Crippen LogP contribution in [0.4, 0.5) is 13.2 Å². The Bertz CT molecular complexity index is 766. The number of carbonyl (C=O) groups is 2. The van der Waals surface area contributed by atoms with Crippen molar-refractivity contribution in [2.45, 2.75) is 12.7 Å². The second-order valence-electron chi connectivity index (χ2n) is 4.62. The number of aromatic nitrogens is 2. The summed E-state index contributed by atoms with van der Waals surface area (Å²) in [5, 5.41) is 15.6. The Morgan fingerprint density at radius 3 is 2.46 bits per heavy atom. The average Bonchev–Trinajstić information content (AvgIpc) is 2.96. The molecule has 0 radical (unpaired) electrons. The molecule has 24 heavy (non-hydrogen) atoms. The van der Waals surface area contributed by atoms with Crippen LogP contribution in [0.15, 0.2) is 41.6 Å². The average molecular weight is 340 g/mol. The number of carbonyl (C=O) groups excluding carboxylic acids is 1.